The molecule has 134 valence electrons. The Kier molecular flexibility index (Phi) is 4.51. The zero-order valence-corrected chi connectivity index (χ0v) is 14.8. The summed E-state index contributed by atoms with van der Waals surface area (Å²) in [6.07, 6.45) is 3.84. The number of aryl methyl sites for hydroxylation is 1. The summed E-state index contributed by atoms with van der Waals surface area (Å²) in [6, 6.07) is 12.2. The lowest BCUT2D eigenvalue weighted by Crippen LogP contribution is -2.32. The van der Waals surface area contributed by atoms with Gasteiger partial charge in [0.1, 0.15) is 12.1 Å². The van der Waals surface area contributed by atoms with Crippen LogP contribution < -0.4 is 10.2 Å². The average Bonchev–Trinajstić information content (AvgIpc) is 3.04. The van der Waals surface area contributed by atoms with Crippen LogP contribution >= 0.6 is 0 Å². The van der Waals surface area contributed by atoms with Crippen LogP contribution in [0.15, 0.2) is 42.7 Å². The summed E-state index contributed by atoms with van der Waals surface area (Å²) < 4.78 is 1.77. The number of hydrogen-bond acceptors (Lipinski definition) is 5. The van der Waals surface area contributed by atoms with E-state index in [1.807, 2.05) is 18.2 Å². The summed E-state index contributed by atoms with van der Waals surface area (Å²) >= 11 is 0. The lowest BCUT2D eigenvalue weighted by atomic mass is 10.0. The van der Waals surface area contributed by atoms with E-state index < -0.39 is 0 Å². The highest BCUT2D eigenvalue weighted by Gasteiger charge is 2.28. The monoisotopic (exact) mass is 350 g/mol. The van der Waals surface area contributed by atoms with E-state index in [4.69, 9.17) is 0 Å². The minimum Gasteiger partial charge on any atom is -0.354 e. The van der Waals surface area contributed by atoms with Crippen LogP contribution in [0, 0.1) is 0 Å². The molecule has 1 saturated heterocycles. The van der Waals surface area contributed by atoms with E-state index in [1.54, 1.807) is 4.52 Å². The lowest BCUT2D eigenvalue weighted by Gasteiger charge is -2.31. The number of hydrogen-bond donors (Lipinski definition) is 1. The largest absolute Gasteiger partial charge is 0.354 e. The van der Waals surface area contributed by atoms with Gasteiger partial charge in [-0.3, -0.25) is 4.79 Å². The van der Waals surface area contributed by atoms with Gasteiger partial charge in [0, 0.05) is 24.8 Å². The molecule has 1 aliphatic rings. The summed E-state index contributed by atoms with van der Waals surface area (Å²) in [7, 11) is 0. The number of benzene rings is 1. The molecule has 3 aromatic rings. The van der Waals surface area contributed by atoms with Crippen molar-refractivity contribution < 1.29 is 4.79 Å². The van der Waals surface area contributed by atoms with E-state index in [2.05, 4.69) is 50.4 Å². The van der Waals surface area contributed by atoms with Gasteiger partial charge in [0.2, 0.25) is 5.91 Å². The van der Waals surface area contributed by atoms with Crippen molar-refractivity contribution in [2.45, 2.75) is 32.2 Å². The fraction of sp³-hybridized carbons (Fsp3) is 0.368. The minimum absolute atomic E-state index is 0.0528. The Balaban J connectivity index is 1.84. The zero-order valence-electron chi connectivity index (χ0n) is 14.8. The van der Waals surface area contributed by atoms with Crippen molar-refractivity contribution in [1.29, 1.82) is 0 Å². The van der Waals surface area contributed by atoms with Crippen molar-refractivity contribution in [2.75, 3.05) is 18.0 Å². The summed E-state index contributed by atoms with van der Waals surface area (Å²) in [5.74, 6) is 1.60. The molecule has 2 aromatic heterocycles. The van der Waals surface area contributed by atoms with E-state index in [-0.39, 0.29) is 11.9 Å². The molecule has 1 aromatic carbocycles. The van der Waals surface area contributed by atoms with Gasteiger partial charge in [-0.15, -0.1) is 0 Å². The molecule has 0 saturated carbocycles. The Morgan fingerprint density at radius 1 is 1.27 bits per heavy atom. The van der Waals surface area contributed by atoms with Crippen LogP contribution in [0.4, 0.5) is 5.82 Å². The van der Waals surface area contributed by atoms with Crippen LogP contribution in [0.25, 0.3) is 5.78 Å². The number of rotatable bonds is 4. The Labute approximate surface area is 152 Å². The summed E-state index contributed by atoms with van der Waals surface area (Å²) in [6.45, 7) is 3.44. The van der Waals surface area contributed by atoms with E-state index in [1.165, 1.54) is 6.33 Å². The minimum atomic E-state index is -0.0528. The summed E-state index contributed by atoms with van der Waals surface area (Å²) in [5, 5.41) is 7.35. The second-order valence-electron chi connectivity index (χ2n) is 6.50. The molecule has 0 bridgehead atoms. The van der Waals surface area contributed by atoms with Gasteiger partial charge in [0.15, 0.2) is 0 Å². The predicted molar refractivity (Wildman–Crippen MR) is 98.9 cm³/mol. The molecule has 1 amide bonds. The number of amides is 1. The quantitative estimate of drug-likeness (QED) is 0.780. The Bertz CT molecular complexity index is 907. The lowest BCUT2D eigenvalue weighted by molar-refractivity contribution is -0.121. The van der Waals surface area contributed by atoms with Gasteiger partial charge in [0.05, 0.1) is 12.5 Å². The number of carbonyl (C=O) groups excluding carboxylic acids is 1. The molecule has 4 rings (SSSR count). The molecule has 7 heteroatoms. The third kappa shape index (κ3) is 3.12. The second-order valence-corrected chi connectivity index (χ2v) is 6.50. The Morgan fingerprint density at radius 2 is 2.12 bits per heavy atom. The van der Waals surface area contributed by atoms with Crippen LogP contribution in [0.3, 0.4) is 0 Å². The number of aromatic nitrogens is 4. The highest BCUT2D eigenvalue weighted by molar-refractivity contribution is 5.78. The first-order chi connectivity index (χ1) is 12.8. The number of nitrogens with zero attached hydrogens (tertiary/aromatic N) is 5. The van der Waals surface area contributed by atoms with Gasteiger partial charge in [0.25, 0.3) is 5.78 Å². The van der Waals surface area contributed by atoms with Crippen LogP contribution in [-0.4, -0.2) is 38.6 Å². The number of anilines is 1. The number of carbonyl (C=O) groups is 1. The van der Waals surface area contributed by atoms with Gasteiger partial charge >= 0.3 is 0 Å². The molecule has 1 N–H and O–H groups in total. The molecule has 3 heterocycles. The Morgan fingerprint density at radius 3 is 2.92 bits per heavy atom. The molecular weight excluding hydrogens is 328 g/mol. The van der Waals surface area contributed by atoms with Gasteiger partial charge in [-0.25, -0.2) is 4.98 Å². The van der Waals surface area contributed by atoms with Crippen LogP contribution in [0.2, 0.25) is 0 Å². The molecule has 1 unspecified atom stereocenters. The SMILES string of the molecule is CCCc1cc(N2CCNC(=O)CC2c2ccccc2)n2ncnc2n1. The molecule has 1 fully saturated rings. The smallest absolute Gasteiger partial charge is 0.254 e. The first-order valence-corrected chi connectivity index (χ1v) is 9.04. The van der Waals surface area contributed by atoms with E-state index >= 15 is 0 Å². The standard InChI is InChI=1S/C19H22N6O/c1-2-6-15-11-18(25-19(23-15)21-13-22-25)24-10-9-20-17(26)12-16(24)14-7-4-3-5-8-14/h3-5,7-8,11,13,16H,2,6,9-10,12H2,1H3,(H,20,26). The fourth-order valence-corrected chi connectivity index (χ4v) is 3.51. The second kappa shape index (κ2) is 7.11. The van der Waals surface area contributed by atoms with Gasteiger partial charge < -0.3 is 10.2 Å². The topological polar surface area (TPSA) is 75.4 Å². The van der Waals surface area contributed by atoms with Gasteiger partial charge in [-0.05, 0) is 12.0 Å². The van der Waals surface area contributed by atoms with Crippen molar-refractivity contribution in [2.24, 2.45) is 0 Å². The average molecular weight is 350 g/mol. The maximum Gasteiger partial charge on any atom is 0.254 e. The molecule has 1 atom stereocenters. The molecule has 26 heavy (non-hydrogen) atoms. The van der Waals surface area contributed by atoms with Crippen molar-refractivity contribution in [3.63, 3.8) is 0 Å². The highest BCUT2D eigenvalue weighted by atomic mass is 16.1. The van der Waals surface area contributed by atoms with Gasteiger partial charge in [-0.2, -0.15) is 14.6 Å². The van der Waals surface area contributed by atoms with Crippen LogP contribution in [-0.2, 0) is 11.2 Å². The van der Waals surface area contributed by atoms with Gasteiger partial charge in [-0.1, -0.05) is 43.7 Å². The highest BCUT2D eigenvalue weighted by Crippen LogP contribution is 2.31. The fourth-order valence-electron chi connectivity index (χ4n) is 3.51. The summed E-state index contributed by atoms with van der Waals surface area (Å²) in [5.41, 5.74) is 2.12. The molecule has 7 nitrogen and oxygen atoms in total. The molecule has 1 aliphatic heterocycles. The first-order valence-electron chi connectivity index (χ1n) is 9.04. The first kappa shape index (κ1) is 16.5. The third-order valence-corrected chi connectivity index (χ3v) is 4.70. The van der Waals surface area contributed by atoms with Crippen molar-refractivity contribution >= 4 is 17.5 Å². The third-order valence-electron chi connectivity index (χ3n) is 4.70. The zero-order chi connectivity index (χ0) is 17.9. The molecule has 0 aliphatic carbocycles. The summed E-state index contributed by atoms with van der Waals surface area (Å²) in [4.78, 5) is 23.4. The number of fused-ring (bicyclic) bond motifs is 1. The van der Waals surface area contributed by atoms with Crippen LogP contribution in [0.1, 0.15) is 37.1 Å². The van der Waals surface area contributed by atoms with E-state index in [9.17, 15) is 4.79 Å². The van der Waals surface area contributed by atoms with E-state index in [0.717, 1.165) is 29.9 Å². The van der Waals surface area contributed by atoms with E-state index in [0.29, 0.717) is 25.3 Å². The van der Waals surface area contributed by atoms with Crippen LogP contribution in [0.5, 0.6) is 0 Å². The maximum atomic E-state index is 12.2. The normalized spacial score (nSPS) is 18.0. The predicted octanol–water partition coefficient (Wildman–Crippen LogP) is 2.14. The number of nitrogens with one attached hydrogen (secondary N) is 1. The molecule has 0 spiro atoms. The van der Waals surface area contributed by atoms with Crippen molar-refractivity contribution in [3.05, 3.63) is 54.0 Å². The molecular formula is C19H22N6O. The maximum absolute atomic E-state index is 12.2. The van der Waals surface area contributed by atoms with Crippen molar-refractivity contribution in [3.8, 4) is 0 Å². The Hall–Kier alpha value is -2.96. The van der Waals surface area contributed by atoms with Crippen molar-refractivity contribution in [1.82, 2.24) is 24.9 Å². The molecule has 0 radical (unpaired) electrons.